The molecule has 0 radical (unpaired) electrons. The number of nitrogens with one attached hydrogen (secondary N) is 2. The van der Waals surface area contributed by atoms with E-state index in [1.54, 1.807) is 4.90 Å². The van der Waals surface area contributed by atoms with Crippen LogP contribution in [-0.4, -0.2) is 102 Å². The lowest BCUT2D eigenvalue weighted by atomic mass is 10.0. The van der Waals surface area contributed by atoms with E-state index in [1.807, 2.05) is 52.6 Å². The van der Waals surface area contributed by atoms with Crippen molar-refractivity contribution in [1.82, 2.24) is 25.3 Å². The van der Waals surface area contributed by atoms with Crippen LogP contribution < -0.4 is 15.4 Å². The van der Waals surface area contributed by atoms with Crippen molar-refractivity contribution in [2.45, 2.75) is 71.5 Å². The molecule has 0 aromatic heterocycles. The van der Waals surface area contributed by atoms with Gasteiger partial charge in [-0.05, 0) is 71.2 Å². The highest BCUT2D eigenvalue weighted by molar-refractivity contribution is 6.00. The van der Waals surface area contributed by atoms with Gasteiger partial charge in [0.05, 0.1) is 17.2 Å². The quantitative estimate of drug-likeness (QED) is 0.464. The van der Waals surface area contributed by atoms with Crippen LogP contribution in [0.4, 0.5) is 0 Å². The van der Waals surface area contributed by atoms with Gasteiger partial charge in [-0.1, -0.05) is 13.8 Å². The third-order valence-corrected chi connectivity index (χ3v) is 7.17. The fraction of sp³-hybridized carbons (Fsp3) is 0.633. The van der Waals surface area contributed by atoms with Gasteiger partial charge in [0, 0.05) is 38.3 Å². The van der Waals surface area contributed by atoms with E-state index in [0.29, 0.717) is 32.5 Å². The second-order valence-corrected chi connectivity index (χ2v) is 12.4. The molecular weight excluding hydrogens is 524 g/mol. The molecule has 2 fully saturated rings. The number of rotatable bonds is 9. The van der Waals surface area contributed by atoms with Gasteiger partial charge >= 0.3 is 0 Å². The van der Waals surface area contributed by atoms with Gasteiger partial charge in [0.2, 0.25) is 11.8 Å². The maximum Gasteiger partial charge on any atom is 0.258 e. The Balaban J connectivity index is 1.78. The first-order chi connectivity index (χ1) is 19.3. The zero-order valence-electron chi connectivity index (χ0n) is 25.2. The molecule has 2 aliphatic heterocycles. The second-order valence-electron chi connectivity index (χ2n) is 12.4. The molecule has 11 nitrogen and oxygen atoms in total. The minimum absolute atomic E-state index is 0.0375. The van der Waals surface area contributed by atoms with Crippen molar-refractivity contribution in [2.24, 2.45) is 5.92 Å². The molecular formula is C30H44N6O5. The van der Waals surface area contributed by atoms with Gasteiger partial charge in [-0.15, -0.1) is 0 Å². The van der Waals surface area contributed by atoms with E-state index in [9.17, 15) is 24.4 Å². The molecule has 1 aromatic carbocycles. The molecule has 41 heavy (non-hydrogen) atoms. The summed E-state index contributed by atoms with van der Waals surface area (Å²) in [7, 11) is 2.02. The van der Waals surface area contributed by atoms with Crippen LogP contribution in [0.25, 0.3) is 0 Å². The lowest BCUT2D eigenvalue weighted by Crippen LogP contribution is -2.56. The summed E-state index contributed by atoms with van der Waals surface area (Å²) >= 11 is 0. The average molecular weight is 569 g/mol. The van der Waals surface area contributed by atoms with Gasteiger partial charge in [-0.25, -0.2) is 0 Å². The first-order valence-corrected chi connectivity index (χ1v) is 14.4. The first-order valence-electron chi connectivity index (χ1n) is 14.4. The van der Waals surface area contributed by atoms with Crippen molar-refractivity contribution in [3.05, 3.63) is 29.3 Å². The van der Waals surface area contributed by atoms with E-state index in [4.69, 9.17) is 4.74 Å². The van der Waals surface area contributed by atoms with Crippen LogP contribution in [0.5, 0.6) is 5.75 Å². The summed E-state index contributed by atoms with van der Waals surface area (Å²) in [4.78, 5) is 58.7. The number of piperazine rings is 1. The molecule has 1 aromatic rings. The molecule has 2 N–H and O–H groups in total. The number of hydrogen-bond acceptors (Lipinski definition) is 7. The van der Waals surface area contributed by atoms with Crippen LogP contribution in [0.1, 0.15) is 69.8 Å². The number of hydrogen-bond donors (Lipinski definition) is 2. The first kappa shape index (κ1) is 31.9. The van der Waals surface area contributed by atoms with Gasteiger partial charge < -0.3 is 30.1 Å². The van der Waals surface area contributed by atoms with Gasteiger partial charge in [-0.3, -0.25) is 19.2 Å². The van der Waals surface area contributed by atoms with Crippen molar-refractivity contribution in [3.8, 4) is 11.8 Å². The number of carbonyl (C=O) groups is 4. The van der Waals surface area contributed by atoms with Crippen molar-refractivity contribution in [3.63, 3.8) is 0 Å². The average Bonchev–Trinajstić information content (AvgIpc) is 3.40. The van der Waals surface area contributed by atoms with Gasteiger partial charge in [0.15, 0.2) is 6.61 Å². The third kappa shape index (κ3) is 8.92. The molecule has 2 atom stereocenters. The number of carbonyl (C=O) groups excluding carboxylic acids is 4. The Kier molecular flexibility index (Phi) is 10.7. The molecule has 0 spiro atoms. The molecule has 0 saturated carbocycles. The molecule has 11 heteroatoms. The van der Waals surface area contributed by atoms with Gasteiger partial charge in [0.25, 0.3) is 11.8 Å². The SMILES string of the molecule is CC(C)C[C@@H](NC(=O)c1cc(C#N)ccc1OCC(=O)NC(C)(C)C)C(=O)N1CCC[C@@H]1C(=O)N1CCN(C)CC1. The summed E-state index contributed by atoms with van der Waals surface area (Å²) in [6, 6.07) is 4.97. The molecule has 2 heterocycles. The van der Waals surface area contributed by atoms with Crippen LogP contribution in [0.2, 0.25) is 0 Å². The summed E-state index contributed by atoms with van der Waals surface area (Å²) in [5, 5.41) is 15.1. The highest BCUT2D eigenvalue weighted by atomic mass is 16.5. The summed E-state index contributed by atoms with van der Waals surface area (Å²) in [5.74, 6) is -1.06. The van der Waals surface area contributed by atoms with Crippen molar-refractivity contribution < 1.29 is 23.9 Å². The Morgan fingerprint density at radius 3 is 2.39 bits per heavy atom. The number of likely N-dealkylation sites (N-methyl/N-ethyl adjacent to an activating group) is 1. The fourth-order valence-electron chi connectivity index (χ4n) is 5.15. The summed E-state index contributed by atoms with van der Waals surface area (Å²) in [5.41, 5.74) is -0.152. The number of nitrogens with zero attached hydrogens (tertiary/aromatic N) is 4. The Morgan fingerprint density at radius 2 is 1.78 bits per heavy atom. The van der Waals surface area contributed by atoms with Crippen molar-refractivity contribution in [2.75, 3.05) is 46.4 Å². The summed E-state index contributed by atoms with van der Waals surface area (Å²) in [6.45, 7) is 12.5. The molecule has 2 aliphatic rings. The van der Waals surface area contributed by atoms with Gasteiger partial charge in [-0.2, -0.15) is 5.26 Å². The number of likely N-dealkylation sites (tertiary alicyclic amines) is 1. The van der Waals surface area contributed by atoms with Crippen LogP contribution >= 0.6 is 0 Å². The Hall–Kier alpha value is -3.65. The Labute approximate surface area is 243 Å². The number of amides is 4. The number of nitriles is 1. The van der Waals surface area contributed by atoms with Crippen molar-refractivity contribution in [1.29, 1.82) is 5.26 Å². The maximum absolute atomic E-state index is 13.8. The molecule has 0 unspecified atom stereocenters. The van der Waals surface area contributed by atoms with E-state index >= 15 is 0 Å². The second kappa shape index (κ2) is 13.8. The smallest absolute Gasteiger partial charge is 0.258 e. The lowest BCUT2D eigenvalue weighted by Gasteiger charge is -2.36. The highest BCUT2D eigenvalue weighted by Crippen LogP contribution is 2.24. The molecule has 224 valence electrons. The monoisotopic (exact) mass is 568 g/mol. The normalized spacial score (nSPS) is 18.5. The predicted octanol–water partition coefficient (Wildman–Crippen LogP) is 1.76. The van der Waals surface area contributed by atoms with E-state index in [1.165, 1.54) is 18.2 Å². The van der Waals surface area contributed by atoms with Crippen molar-refractivity contribution >= 4 is 23.6 Å². The standard InChI is InChI=1S/C30H44N6O5/c1-20(2)16-23(28(39)36-11-7-8-24(36)29(40)35-14-12-34(6)13-15-35)32-27(38)22-17-21(18-31)9-10-25(22)41-19-26(37)33-30(3,4)5/h9-10,17,20,23-24H,7-8,11-16,19H2,1-6H3,(H,32,38)(H,33,37)/t23-,24-/m1/s1. The zero-order valence-corrected chi connectivity index (χ0v) is 25.2. The number of ether oxygens (including phenoxy) is 1. The zero-order chi connectivity index (χ0) is 30.3. The molecule has 3 rings (SSSR count). The number of benzene rings is 1. The Morgan fingerprint density at radius 1 is 1.10 bits per heavy atom. The molecule has 0 bridgehead atoms. The third-order valence-electron chi connectivity index (χ3n) is 7.17. The van der Waals surface area contributed by atoms with Crippen LogP contribution in [0, 0.1) is 17.2 Å². The maximum atomic E-state index is 13.8. The van der Waals surface area contributed by atoms with E-state index in [0.717, 1.165) is 19.5 Å². The molecule has 0 aliphatic carbocycles. The Bertz CT molecular complexity index is 1160. The highest BCUT2D eigenvalue weighted by Gasteiger charge is 2.40. The minimum Gasteiger partial charge on any atom is -0.483 e. The predicted molar refractivity (Wildman–Crippen MR) is 154 cm³/mol. The fourth-order valence-corrected chi connectivity index (χ4v) is 5.15. The lowest BCUT2D eigenvalue weighted by molar-refractivity contribution is -0.145. The van der Waals surface area contributed by atoms with Crippen LogP contribution in [0.15, 0.2) is 18.2 Å². The van der Waals surface area contributed by atoms with E-state index in [-0.39, 0.29) is 47.1 Å². The van der Waals surface area contributed by atoms with Gasteiger partial charge in [0.1, 0.15) is 17.8 Å². The molecule has 4 amide bonds. The largest absolute Gasteiger partial charge is 0.483 e. The van der Waals surface area contributed by atoms with E-state index in [2.05, 4.69) is 15.5 Å². The van der Waals surface area contributed by atoms with Crippen LogP contribution in [-0.2, 0) is 14.4 Å². The summed E-state index contributed by atoms with van der Waals surface area (Å²) in [6.07, 6.45) is 1.69. The molecule has 2 saturated heterocycles. The minimum atomic E-state index is -0.869. The topological polar surface area (TPSA) is 135 Å². The summed E-state index contributed by atoms with van der Waals surface area (Å²) < 4.78 is 5.68. The van der Waals surface area contributed by atoms with Crippen LogP contribution in [0.3, 0.4) is 0 Å². The van der Waals surface area contributed by atoms with E-state index < -0.39 is 23.5 Å².